The highest BCUT2D eigenvalue weighted by Gasteiger charge is 2.42. The topological polar surface area (TPSA) is 116 Å². The van der Waals surface area contributed by atoms with Gasteiger partial charge in [0.2, 0.25) is 12.3 Å². The minimum atomic E-state index is -1.06. The Balaban J connectivity index is 1.95. The van der Waals surface area contributed by atoms with Crippen LogP contribution in [0, 0.1) is 0 Å². The van der Waals surface area contributed by atoms with Gasteiger partial charge in [0.15, 0.2) is 0 Å². The van der Waals surface area contributed by atoms with E-state index in [1.165, 1.54) is 10.5 Å². The second kappa shape index (κ2) is 13.9. The quantitative estimate of drug-likeness (QED) is 0.280. The number of carbonyl (C=O) groups excluding carboxylic acids is 2. The summed E-state index contributed by atoms with van der Waals surface area (Å²) in [7, 11) is 0. The van der Waals surface area contributed by atoms with Gasteiger partial charge in [0.25, 0.3) is 0 Å². The lowest BCUT2D eigenvalue weighted by Gasteiger charge is -2.26. The fraction of sp³-hybridized carbons (Fsp3) is 0.625. The number of likely N-dealkylation sites (tertiary alicyclic amines) is 1. The highest BCUT2D eigenvalue weighted by atomic mass is 16.5. The normalized spacial score (nSPS) is 19.0. The number of nitrogens with one attached hydrogen (secondary N) is 1. The van der Waals surface area contributed by atoms with Crippen molar-refractivity contribution in [1.82, 2.24) is 10.2 Å². The van der Waals surface area contributed by atoms with Gasteiger partial charge in [-0.1, -0.05) is 50.5 Å². The van der Waals surface area contributed by atoms with Crippen LogP contribution in [0.15, 0.2) is 24.3 Å². The number of aliphatic hydroxyl groups is 1. The first-order valence-electron chi connectivity index (χ1n) is 11.5. The summed E-state index contributed by atoms with van der Waals surface area (Å²) in [6.45, 7) is 2.75. The molecule has 0 bridgehead atoms. The molecule has 1 aromatic rings. The Morgan fingerprint density at radius 3 is 2.72 bits per heavy atom. The number of carboxylic acids is 1. The molecule has 8 heteroatoms. The Kier molecular flexibility index (Phi) is 11.2. The molecule has 0 unspecified atom stereocenters. The van der Waals surface area contributed by atoms with Gasteiger partial charge in [0.05, 0.1) is 12.7 Å². The van der Waals surface area contributed by atoms with E-state index < -0.39 is 18.1 Å². The number of aliphatic carboxylic acids is 1. The van der Waals surface area contributed by atoms with E-state index in [1.54, 1.807) is 0 Å². The van der Waals surface area contributed by atoms with Crippen molar-refractivity contribution in [1.29, 1.82) is 0 Å². The van der Waals surface area contributed by atoms with Crippen LogP contribution in [-0.2, 0) is 32.1 Å². The molecule has 8 nitrogen and oxygen atoms in total. The van der Waals surface area contributed by atoms with E-state index in [0.717, 1.165) is 44.1 Å². The standard InChI is InChI=1S/C24H36N2O6/c1-2-3-11-21(25-17-28)23(29)26-15-20(14-22(26)24(30)31)32-16-19-10-7-9-18(13-19)8-5-4-6-12-27/h7,9-10,13,17,20-22,27H,2-6,8,11-12,14-16H2,1H3,(H,25,28)(H,30,31)/t20-,21+,22+/m1/s1. The van der Waals surface area contributed by atoms with Gasteiger partial charge in [-0.15, -0.1) is 0 Å². The first-order chi connectivity index (χ1) is 15.5. The first-order valence-corrected chi connectivity index (χ1v) is 11.5. The molecule has 0 spiro atoms. The molecule has 2 rings (SSSR count). The molecule has 0 aliphatic carbocycles. The Hall–Kier alpha value is -2.45. The smallest absolute Gasteiger partial charge is 0.326 e. The molecule has 1 saturated heterocycles. The minimum absolute atomic E-state index is 0.194. The van der Waals surface area contributed by atoms with Crippen molar-refractivity contribution in [3.05, 3.63) is 35.4 Å². The largest absolute Gasteiger partial charge is 0.480 e. The summed E-state index contributed by atoms with van der Waals surface area (Å²) in [4.78, 5) is 37.0. The van der Waals surface area contributed by atoms with Crippen LogP contribution >= 0.6 is 0 Å². The van der Waals surface area contributed by atoms with E-state index in [4.69, 9.17) is 9.84 Å². The van der Waals surface area contributed by atoms with Gasteiger partial charge in [-0.25, -0.2) is 4.79 Å². The third-order valence-electron chi connectivity index (χ3n) is 5.85. The number of ether oxygens (including phenoxy) is 1. The zero-order valence-electron chi connectivity index (χ0n) is 18.9. The molecule has 3 N–H and O–H groups in total. The summed E-state index contributed by atoms with van der Waals surface area (Å²) in [5, 5.41) is 21.0. The van der Waals surface area contributed by atoms with Gasteiger partial charge < -0.3 is 25.2 Å². The van der Waals surface area contributed by atoms with E-state index in [2.05, 4.69) is 17.4 Å². The van der Waals surface area contributed by atoms with Gasteiger partial charge >= 0.3 is 5.97 Å². The van der Waals surface area contributed by atoms with Gasteiger partial charge in [0.1, 0.15) is 12.1 Å². The summed E-state index contributed by atoms with van der Waals surface area (Å²) in [6, 6.07) is 6.43. The number of carbonyl (C=O) groups is 3. The molecule has 0 radical (unpaired) electrons. The van der Waals surface area contributed by atoms with E-state index >= 15 is 0 Å². The zero-order valence-corrected chi connectivity index (χ0v) is 18.9. The van der Waals surface area contributed by atoms with Crippen LogP contribution in [0.1, 0.15) is 63.0 Å². The average molecular weight is 449 g/mol. The number of carboxylic acid groups (broad SMARTS) is 1. The van der Waals surface area contributed by atoms with Gasteiger partial charge in [-0.3, -0.25) is 9.59 Å². The number of hydrogen-bond acceptors (Lipinski definition) is 5. The number of amides is 2. The predicted octanol–water partition coefficient (Wildman–Crippen LogP) is 2.27. The minimum Gasteiger partial charge on any atom is -0.480 e. The van der Waals surface area contributed by atoms with Crippen LogP contribution in [0.3, 0.4) is 0 Å². The molecule has 0 saturated carbocycles. The lowest BCUT2D eigenvalue weighted by molar-refractivity contribution is -0.149. The number of benzene rings is 1. The van der Waals surface area contributed by atoms with Crippen LogP contribution in [0.5, 0.6) is 0 Å². The third kappa shape index (κ3) is 7.91. The maximum Gasteiger partial charge on any atom is 0.326 e. The summed E-state index contributed by atoms with van der Waals surface area (Å²) >= 11 is 0. The van der Waals surface area contributed by atoms with E-state index in [-0.39, 0.29) is 31.6 Å². The highest BCUT2D eigenvalue weighted by Crippen LogP contribution is 2.24. The second-order valence-electron chi connectivity index (χ2n) is 8.35. The van der Waals surface area contributed by atoms with E-state index in [1.807, 2.05) is 19.1 Å². The monoisotopic (exact) mass is 448 g/mol. The molecule has 1 aliphatic rings. The number of aryl methyl sites for hydroxylation is 1. The molecule has 3 atom stereocenters. The Labute approximate surface area is 189 Å². The molecule has 1 heterocycles. The predicted molar refractivity (Wildman–Crippen MR) is 120 cm³/mol. The summed E-state index contributed by atoms with van der Waals surface area (Å²) in [5.74, 6) is -1.43. The second-order valence-corrected chi connectivity index (χ2v) is 8.35. The molecule has 178 valence electrons. The van der Waals surface area contributed by atoms with Crippen LogP contribution in [0.2, 0.25) is 0 Å². The molecule has 1 aliphatic heterocycles. The van der Waals surface area contributed by atoms with Crippen molar-refractivity contribution in [2.75, 3.05) is 13.2 Å². The number of hydrogen-bond donors (Lipinski definition) is 3. The van der Waals surface area contributed by atoms with E-state index in [9.17, 15) is 19.5 Å². The van der Waals surface area contributed by atoms with Gasteiger partial charge in [-0.2, -0.15) is 0 Å². The number of aliphatic hydroxyl groups excluding tert-OH is 1. The molecule has 0 aromatic heterocycles. The summed E-state index contributed by atoms with van der Waals surface area (Å²) < 4.78 is 5.99. The van der Waals surface area contributed by atoms with Crippen molar-refractivity contribution in [2.24, 2.45) is 0 Å². The van der Waals surface area contributed by atoms with Crippen LogP contribution in [0.25, 0.3) is 0 Å². The van der Waals surface area contributed by atoms with Crippen LogP contribution in [-0.4, -0.2) is 64.7 Å². The first kappa shape index (κ1) is 25.8. The zero-order chi connectivity index (χ0) is 23.3. The van der Waals surface area contributed by atoms with Crippen LogP contribution < -0.4 is 5.32 Å². The van der Waals surface area contributed by atoms with Crippen molar-refractivity contribution < 1.29 is 29.3 Å². The number of unbranched alkanes of at least 4 members (excludes halogenated alkanes) is 3. The third-order valence-corrected chi connectivity index (χ3v) is 5.85. The highest BCUT2D eigenvalue weighted by molar-refractivity contribution is 5.88. The summed E-state index contributed by atoms with van der Waals surface area (Å²) in [6.07, 6.45) is 6.20. The van der Waals surface area contributed by atoms with Crippen LogP contribution in [0.4, 0.5) is 0 Å². The molecule has 2 amide bonds. The lowest BCUT2D eigenvalue weighted by Crippen LogP contribution is -2.50. The van der Waals surface area contributed by atoms with Gasteiger partial charge in [0, 0.05) is 19.6 Å². The number of rotatable bonds is 15. The fourth-order valence-electron chi connectivity index (χ4n) is 4.07. The van der Waals surface area contributed by atoms with Crippen molar-refractivity contribution >= 4 is 18.3 Å². The maximum absolute atomic E-state index is 12.9. The molecular weight excluding hydrogens is 412 g/mol. The van der Waals surface area contributed by atoms with Crippen molar-refractivity contribution in [3.63, 3.8) is 0 Å². The van der Waals surface area contributed by atoms with E-state index in [0.29, 0.717) is 19.4 Å². The SMILES string of the molecule is CCCC[C@H](NC=O)C(=O)N1C[C@H](OCc2cccc(CCCCCO)c2)C[C@H]1C(=O)O. The van der Waals surface area contributed by atoms with Crippen molar-refractivity contribution in [2.45, 2.75) is 83.1 Å². The van der Waals surface area contributed by atoms with Crippen molar-refractivity contribution in [3.8, 4) is 0 Å². The number of nitrogens with zero attached hydrogens (tertiary/aromatic N) is 1. The Bertz CT molecular complexity index is 741. The molecule has 1 fully saturated rings. The lowest BCUT2D eigenvalue weighted by atomic mass is 10.0. The molecule has 1 aromatic carbocycles. The van der Waals surface area contributed by atoms with Gasteiger partial charge in [-0.05, 0) is 36.8 Å². The Morgan fingerprint density at radius 2 is 2.03 bits per heavy atom. The summed E-state index contributed by atoms with van der Waals surface area (Å²) in [5.41, 5.74) is 2.21. The fourth-order valence-corrected chi connectivity index (χ4v) is 4.07. The maximum atomic E-state index is 12.9. The molecular formula is C24H36N2O6. The average Bonchev–Trinajstić information content (AvgIpc) is 3.23. The molecule has 32 heavy (non-hydrogen) atoms. The Morgan fingerprint density at radius 1 is 1.25 bits per heavy atom.